The molecular weight excluding hydrogens is 228 g/mol. The van der Waals surface area contributed by atoms with Crippen LogP contribution in [-0.4, -0.2) is 24.8 Å². The summed E-state index contributed by atoms with van der Waals surface area (Å²) < 4.78 is 29.8. The molecule has 16 heavy (non-hydrogen) atoms. The van der Waals surface area contributed by atoms with Crippen LogP contribution < -0.4 is 5.73 Å². The van der Waals surface area contributed by atoms with E-state index in [0.717, 1.165) is 0 Å². The molecule has 0 amide bonds. The highest BCUT2D eigenvalue weighted by molar-refractivity contribution is 7.85. The van der Waals surface area contributed by atoms with Crippen LogP contribution in [-0.2, 0) is 16.5 Å². The summed E-state index contributed by atoms with van der Waals surface area (Å²) in [5.41, 5.74) is 6.71. The second-order valence-electron chi connectivity index (χ2n) is 3.48. The van der Waals surface area contributed by atoms with E-state index in [9.17, 15) is 8.42 Å². The monoisotopic (exact) mass is 240 g/mol. The summed E-state index contributed by atoms with van der Waals surface area (Å²) in [7, 11) is -4.07. The van der Waals surface area contributed by atoms with Crippen molar-refractivity contribution in [2.75, 3.05) is 5.75 Å². The number of hydrogen-bond donors (Lipinski definition) is 2. The molecule has 0 fully saturated rings. The first-order valence-electron chi connectivity index (χ1n) is 4.61. The zero-order valence-corrected chi connectivity index (χ0v) is 9.31. The molecule has 1 rings (SSSR count). The topological polar surface area (TPSA) is 104 Å². The number of nitriles is 1. The SMILES string of the molecule is N#Cc1ccccc1C[C@H](N)CS(=O)(=O)O. The average Bonchev–Trinajstić information content (AvgIpc) is 2.15. The molecule has 6 heteroatoms. The van der Waals surface area contributed by atoms with Gasteiger partial charge in [-0.15, -0.1) is 0 Å². The van der Waals surface area contributed by atoms with E-state index in [1.54, 1.807) is 24.3 Å². The third-order valence-corrected chi connectivity index (χ3v) is 2.89. The molecule has 0 aliphatic heterocycles. The van der Waals surface area contributed by atoms with Gasteiger partial charge in [-0.3, -0.25) is 4.55 Å². The summed E-state index contributed by atoms with van der Waals surface area (Å²) in [5.74, 6) is -0.507. The maximum absolute atomic E-state index is 10.6. The summed E-state index contributed by atoms with van der Waals surface area (Å²) in [5, 5.41) is 8.81. The van der Waals surface area contributed by atoms with Gasteiger partial charge in [0.15, 0.2) is 0 Å². The smallest absolute Gasteiger partial charge is 0.266 e. The number of benzene rings is 1. The van der Waals surface area contributed by atoms with Crippen molar-refractivity contribution in [3.8, 4) is 6.07 Å². The van der Waals surface area contributed by atoms with E-state index in [1.165, 1.54) is 0 Å². The van der Waals surface area contributed by atoms with Gasteiger partial charge in [-0.1, -0.05) is 18.2 Å². The molecule has 0 radical (unpaired) electrons. The van der Waals surface area contributed by atoms with Crippen molar-refractivity contribution in [1.82, 2.24) is 0 Å². The van der Waals surface area contributed by atoms with Crippen LogP contribution in [0.3, 0.4) is 0 Å². The molecule has 0 aromatic heterocycles. The maximum atomic E-state index is 10.6. The quantitative estimate of drug-likeness (QED) is 0.737. The maximum Gasteiger partial charge on any atom is 0.266 e. The normalized spacial score (nSPS) is 13.1. The molecule has 5 nitrogen and oxygen atoms in total. The second kappa shape index (κ2) is 5.07. The van der Waals surface area contributed by atoms with Gasteiger partial charge in [0.25, 0.3) is 10.1 Å². The minimum Gasteiger partial charge on any atom is -0.326 e. The van der Waals surface area contributed by atoms with Crippen LogP contribution in [0.1, 0.15) is 11.1 Å². The van der Waals surface area contributed by atoms with E-state index in [2.05, 4.69) is 0 Å². The summed E-state index contributed by atoms with van der Waals surface area (Å²) in [6.45, 7) is 0. The number of rotatable bonds is 4. The van der Waals surface area contributed by atoms with Crippen LogP contribution >= 0.6 is 0 Å². The van der Waals surface area contributed by atoms with Crippen LogP contribution in [0.2, 0.25) is 0 Å². The van der Waals surface area contributed by atoms with Crippen LogP contribution in [0.5, 0.6) is 0 Å². The second-order valence-corrected chi connectivity index (χ2v) is 4.98. The van der Waals surface area contributed by atoms with E-state index in [4.69, 9.17) is 15.5 Å². The van der Waals surface area contributed by atoms with Gasteiger partial charge < -0.3 is 5.73 Å². The van der Waals surface area contributed by atoms with Crippen molar-refractivity contribution in [2.45, 2.75) is 12.5 Å². The van der Waals surface area contributed by atoms with Gasteiger partial charge in [-0.05, 0) is 18.1 Å². The number of hydrogen-bond acceptors (Lipinski definition) is 4. The fraction of sp³-hybridized carbons (Fsp3) is 0.300. The lowest BCUT2D eigenvalue weighted by atomic mass is 10.0. The van der Waals surface area contributed by atoms with Gasteiger partial charge in [0.1, 0.15) is 0 Å². The molecule has 0 heterocycles. The lowest BCUT2D eigenvalue weighted by molar-refractivity contribution is 0.476. The van der Waals surface area contributed by atoms with E-state index in [-0.39, 0.29) is 6.42 Å². The first-order valence-corrected chi connectivity index (χ1v) is 6.22. The molecule has 3 N–H and O–H groups in total. The van der Waals surface area contributed by atoms with Crippen LogP contribution in [0.4, 0.5) is 0 Å². The van der Waals surface area contributed by atoms with E-state index in [1.807, 2.05) is 6.07 Å². The molecule has 0 aliphatic rings. The molecule has 0 aliphatic carbocycles. The Kier molecular flexibility index (Phi) is 4.01. The number of nitrogens with two attached hydrogens (primary N) is 1. The molecule has 86 valence electrons. The van der Waals surface area contributed by atoms with Crippen molar-refractivity contribution in [1.29, 1.82) is 5.26 Å². The minimum atomic E-state index is -4.07. The molecule has 0 bridgehead atoms. The molecular formula is C10H12N2O3S. The molecule has 1 aromatic rings. The van der Waals surface area contributed by atoms with Gasteiger partial charge in [0.05, 0.1) is 17.4 Å². The average molecular weight is 240 g/mol. The molecule has 0 unspecified atom stereocenters. The Morgan fingerprint density at radius 1 is 1.44 bits per heavy atom. The third kappa shape index (κ3) is 3.98. The molecule has 0 spiro atoms. The zero-order chi connectivity index (χ0) is 12.2. The predicted molar refractivity (Wildman–Crippen MR) is 59.3 cm³/mol. The highest BCUT2D eigenvalue weighted by Crippen LogP contribution is 2.09. The fourth-order valence-corrected chi connectivity index (χ4v) is 2.08. The Morgan fingerprint density at radius 2 is 2.06 bits per heavy atom. The third-order valence-electron chi connectivity index (χ3n) is 2.04. The van der Waals surface area contributed by atoms with Gasteiger partial charge in [-0.2, -0.15) is 13.7 Å². The summed E-state index contributed by atoms with van der Waals surface area (Å²) in [4.78, 5) is 0. The van der Waals surface area contributed by atoms with Gasteiger partial charge in [0.2, 0.25) is 0 Å². The van der Waals surface area contributed by atoms with Crippen molar-refractivity contribution in [3.63, 3.8) is 0 Å². The largest absolute Gasteiger partial charge is 0.326 e. The van der Waals surface area contributed by atoms with Gasteiger partial charge in [0, 0.05) is 6.04 Å². The van der Waals surface area contributed by atoms with E-state index in [0.29, 0.717) is 11.1 Å². The molecule has 1 aromatic carbocycles. The predicted octanol–water partition coefficient (Wildman–Crippen LogP) is 0.316. The fourth-order valence-electron chi connectivity index (χ4n) is 1.42. The lowest BCUT2D eigenvalue weighted by Crippen LogP contribution is -2.31. The van der Waals surface area contributed by atoms with Crippen molar-refractivity contribution in [3.05, 3.63) is 35.4 Å². The summed E-state index contributed by atoms with van der Waals surface area (Å²) in [6, 6.07) is 8.09. The highest BCUT2D eigenvalue weighted by atomic mass is 32.2. The molecule has 0 saturated carbocycles. The summed E-state index contributed by atoms with van der Waals surface area (Å²) in [6.07, 6.45) is 0.240. The van der Waals surface area contributed by atoms with Gasteiger partial charge in [-0.25, -0.2) is 0 Å². The number of nitrogens with zero attached hydrogens (tertiary/aromatic N) is 1. The van der Waals surface area contributed by atoms with E-state index >= 15 is 0 Å². The first kappa shape index (κ1) is 12.6. The zero-order valence-electron chi connectivity index (χ0n) is 8.50. The highest BCUT2D eigenvalue weighted by Gasteiger charge is 2.14. The molecule has 1 atom stereocenters. The Morgan fingerprint density at radius 3 is 2.62 bits per heavy atom. The van der Waals surface area contributed by atoms with Gasteiger partial charge >= 0.3 is 0 Å². The first-order chi connectivity index (χ1) is 7.42. The van der Waals surface area contributed by atoms with Crippen LogP contribution in [0, 0.1) is 11.3 Å². The van der Waals surface area contributed by atoms with Crippen LogP contribution in [0.15, 0.2) is 24.3 Å². The Balaban J connectivity index is 2.78. The standard InChI is InChI=1S/C10H12N2O3S/c11-6-9-4-2-1-3-8(9)5-10(12)7-16(13,14)15/h1-4,10H,5,7,12H2,(H,13,14,15)/t10-/m0/s1. The van der Waals surface area contributed by atoms with Crippen molar-refractivity contribution < 1.29 is 13.0 Å². The Labute approximate surface area is 94.3 Å². The summed E-state index contributed by atoms with van der Waals surface area (Å²) >= 11 is 0. The molecule has 0 saturated heterocycles. The van der Waals surface area contributed by atoms with Crippen LogP contribution in [0.25, 0.3) is 0 Å². The Bertz CT molecular complexity index is 505. The Hall–Kier alpha value is -1.42. The minimum absolute atomic E-state index is 0.240. The van der Waals surface area contributed by atoms with Crippen molar-refractivity contribution >= 4 is 10.1 Å². The lowest BCUT2D eigenvalue weighted by Gasteiger charge is -2.10. The van der Waals surface area contributed by atoms with E-state index < -0.39 is 21.9 Å². The van der Waals surface area contributed by atoms with Crippen molar-refractivity contribution in [2.24, 2.45) is 5.73 Å².